The van der Waals surface area contributed by atoms with Gasteiger partial charge in [-0.15, -0.1) is 0 Å². The van der Waals surface area contributed by atoms with Crippen molar-refractivity contribution in [3.63, 3.8) is 0 Å². The lowest BCUT2D eigenvalue weighted by Gasteiger charge is -2.19. The van der Waals surface area contributed by atoms with Crippen LogP contribution in [0.1, 0.15) is 47.0 Å². The molecule has 0 saturated carbocycles. The summed E-state index contributed by atoms with van der Waals surface area (Å²) in [5.41, 5.74) is -0.225. The minimum absolute atomic E-state index is 0.164. The summed E-state index contributed by atoms with van der Waals surface area (Å²) >= 11 is 0. The van der Waals surface area contributed by atoms with Gasteiger partial charge in [0, 0.05) is 13.1 Å². The summed E-state index contributed by atoms with van der Waals surface area (Å²) in [4.78, 5) is 13.5. The summed E-state index contributed by atoms with van der Waals surface area (Å²) in [7, 11) is 0. The Morgan fingerprint density at radius 1 is 1.28 bits per heavy atom. The van der Waals surface area contributed by atoms with E-state index < -0.39 is 0 Å². The zero-order valence-corrected chi connectivity index (χ0v) is 12.3. The van der Waals surface area contributed by atoms with Crippen molar-refractivity contribution < 1.29 is 4.79 Å². The van der Waals surface area contributed by atoms with E-state index in [4.69, 9.17) is 5.26 Å². The van der Waals surface area contributed by atoms with Crippen LogP contribution < -0.4 is 5.32 Å². The number of carbonyl (C=O) groups excluding carboxylic acids is 1. The number of hydrogen-bond donors (Lipinski definition) is 1. The molecule has 0 heterocycles. The highest BCUT2D eigenvalue weighted by atomic mass is 16.2. The molecule has 1 N–H and O–H groups in total. The second kappa shape index (κ2) is 8.93. The summed E-state index contributed by atoms with van der Waals surface area (Å²) in [5, 5.41) is 12.0. The topological polar surface area (TPSA) is 56.1 Å². The van der Waals surface area contributed by atoms with E-state index in [9.17, 15) is 4.79 Å². The van der Waals surface area contributed by atoms with E-state index in [0.717, 1.165) is 38.9 Å². The van der Waals surface area contributed by atoms with Crippen LogP contribution in [-0.4, -0.2) is 37.0 Å². The average Bonchev–Trinajstić information content (AvgIpc) is 2.35. The van der Waals surface area contributed by atoms with Gasteiger partial charge in [-0.3, -0.25) is 4.79 Å². The van der Waals surface area contributed by atoms with Gasteiger partial charge in [0.2, 0.25) is 5.91 Å². The van der Waals surface area contributed by atoms with E-state index >= 15 is 0 Å². The van der Waals surface area contributed by atoms with E-state index in [1.807, 2.05) is 32.6 Å². The standard InChI is InChI=1S/C14H27N3O/c1-5-17(6-2)13(18)11-16-10-8-7-9-14(3,4)12-15/h16H,5-11H2,1-4H3. The molecule has 0 aliphatic rings. The Balaban J connectivity index is 3.58. The third-order valence-corrected chi connectivity index (χ3v) is 3.10. The molecule has 0 aliphatic carbocycles. The van der Waals surface area contributed by atoms with Gasteiger partial charge in [-0.1, -0.05) is 6.42 Å². The summed E-state index contributed by atoms with van der Waals surface area (Å²) in [6, 6.07) is 2.30. The lowest BCUT2D eigenvalue weighted by Crippen LogP contribution is -2.38. The minimum atomic E-state index is -0.225. The van der Waals surface area contributed by atoms with Crippen molar-refractivity contribution >= 4 is 5.91 Å². The second-order valence-corrected chi connectivity index (χ2v) is 5.20. The summed E-state index contributed by atoms with van der Waals surface area (Å²) < 4.78 is 0. The fraction of sp³-hybridized carbons (Fsp3) is 0.857. The van der Waals surface area contributed by atoms with E-state index in [-0.39, 0.29) is 11.3 Å². The van der Waals surface area contributed by atoms with Crippen LogP contribution in [0.3, 0.4) is 0 Å². The molecular weight excluding hydrogens is 226 g/mol. The highest BCUT2D eigenvalue weighted by molar-refractivity contribution is 5.78. The number of nitrogens with one attached hydrogen (secondary N) is 1. The monoisotopic (exact) mass is 253 g/mol. The van der Waals surface area contributed by atoms with Crippen molar-refractivity contribution in [2.24, 2.45) is 5.41 Å². The van der Waals surface area contributed by atoms with Gasteiger partial charge in [0.05, 0.1) is 18.0 Å². The number of amides is 1. The normalized spacial score (nSPS) is 11.1. The number of unbranched alkanes of at least 4 members (excludes halogenated alkanes) is 1. The predicted molar refractivity (Wildman–Crippen MR) is 74.0 cm³/mol. The molecule has 0 fully saturated rings. The Morgan fingerprint density at radius 3 is 2.39 bits per heavy atom. The summed E-state index contributed by atoms with van der Waals surface area (Å²) in [6.07, 6.45) is 2.94. The molecule has 4 nitrogen and oxygen atoms in total. The summed E-state index contributed by atoms with van der Waals surface area (Å²) in [5.74, 6) is 0.164. The van der Waals surface area contributed by atoms with Crippen molar-refractivity contribution in [3.05, 3.63) is 0 Å². The second-order valence-electron chi connectivity index (χ2n) is 5.20. The number of nitriles is 1. The van der Waals surface area contributed by atoms with Crippen molar-refractivity contribution in [3.8, 4) is 6.07 Å². The predicted octanol–water partition coefficient (Wildman–Crippen LogP) is 2.16. The van der Waals surface area contributed by atoms with E-state index in [1.54, 1.807) is 0 Å². The molecule has 0 aromatic carbocycles. The van der Waals surface area contributed by atoms with Crippen LogP contribution in [0.15, 0.2) is 0 Å². The van der Waals surface area contributed by atoms with Gasteiger partial charge in [-0.05, 0) is 47.1 Å². The van der Waals surface area contributed by atoms with Gasteiger partial charge in [0.25, 0.3) is 0 Å². The quantitative estimate of drug-likeness (QED) is 0.641. The maximum Gasteiger partial charge on any atom is 0.236 e. The van der Waals surface area contributed by atoms with Gasteiger partial charge in [-0.25, -0.2) is 0 Å². The van der Waals surface area contributed by atoms with Crippen molar-refractivity contribution in [1.82, 2.24) is 10.2 Å². The average molecular weight is 253 g/mol. The molecule has 104 valence electrons. The van der Waals surface area contributed by atoms with Crippen LogP contribution in [-0.2, 0) is 4.79 Å². The fourth-order valence-corrected chi connectivity index (χ4v) is 1.76. The number of likely N-dealkylation sites (N-methyl/N-ethyl adjacent to an activating group) is 1. The molecule has 0 aromatic heterocycles. The first-order chi connectivity index (χ1) is 8.46. The lowest BCUT2D eigenvalue weighted by molar-refractivity contribution is -0.129. The highest BCUT2D eigenvalue weighted by Gasteiger charge is 2.15. The van der Waals surface area contributed by atoms with Crippen molar-refractivity contribution in [2.45, 2.75) is 47.0 Å². The number of carbonyl (C=O) groups is 1. The molecule has 0 aromatic rings. The number of rotatable bonds is 9. The fourth-order valence-electron chi connectivity index (χ4n) is 1.76. The zero-order valence-electron chi connectivity index (χ0n) is 12.3. The van der Waals surface area contributed by atoms with Crippen LogP contribution in [0.2, 0.25) is 0 Å². The van der Waals surface area contributed by atoms with Gasteiger partial charge in [-0.2, -0.15) is 5.26 Å². The van der Waals surface area contributed by atoms with Crippen molar-refractivity contribution in [2.75, 3.05) is 26.2 Å². The van der Waals surface area contributed by atoms with Crippen LogP contribution in [0, 0.1) is 16.7 Å². The molecule has 0 aliphatic heterocycles. The Morgan fingerprint density at radius 2 is 1.89 bits per heavy atom. The summed E-state index contributed by atoms with van der Waals surface area (Å²) in [6.45, 7) is 10.7. The van der Waals surface area contributed by atoms with Crippen LogP contribution >= 0.6 is 0 Å². The molecular formula is C14H27N3O. The molecule has 0 spiro atoms. The van der Waals surface area contributed by atoms with Gasteiger partial charge < -0.3 is 10.2 Å². The van der Waals surface area contributed by atoms with Crippen LogP contribution in [0.4, 0.5) is 0 Å². The minimum Gasteiger partial charge on any atom is -0.342 e. The van der Waals surface area contributed by atoms with Gasteiger partial charge in [0.15, 0.2) is 0 Å². The van der Waals surface area contributed by atoms with Gasteiger partial charge >= 0.3 is 0 Å². The first kappa shape index (κ1) is 16.9. The molecule has 0 saturated heterocycles. The smallest absolute Gasteiger partial charge is 0.236 e. The molecule has 0 atom stereocenters. The first-order valence-electron chi connectivity index (χ1n) is 6.86. The largest absolute Gasteiger partial charge is 0.342 e. The van der Waals surface area contributed by atoms with E-state index in [1.165, 1.54) is 0 Å². The number of hydrogen-bond acceptors (Lipinski definition) is 3. The molecule has 0 radical (unpaired) electrons. The first-order valence-corrected chi connectivity index (χ1v) is 6.86. The van der Waals surface area contributed by atoms with Crippen LogP contribution in [0.5, 0.6) is 0 Å². The highest BCUT2D eigenvalue weighted by Crippen LogP contribution is 2.21. The lowest BCUT2D eigenvalue weighted by atomic mass is 9.89. The molecule has 1 amide bonds. The number of nitrogens with zero attached hydrogens (tertiary/aromatic N) is 2. The van der Waals surface area contributed by atoms with E-state index in [2.05, 4.69) is 11.4 Å². The van der Waals surface area contributed by atoms with E-state index in [0.29, 0.717) is 6.54 Å². The van der Waals surface area contributed by atoms with Crippen molar-refractivity contribution in [1.29, 1.82) is 5.26 Å². The maximum atomic E-state index is 11.7. The maximum absolute atomic E-state index is 11.7. The third kappa shape index (κ3) is 7.29. The molecule has 0 unspecified atom stereocenters. The Bertz CT molecular complexity index is 277. The zero-order chi connectivity index (χ0) is 14.0. The molecule has 0 rings (SSSR count). The van der Waals surface area contributed by atoms with Crippen LogP contribution in [0.25, 0.3) is 0 Å². The SMILES string of the molecule is CCN(CC)C(=O)CNCCCCC(C)(C)C#N. The third-order valence-electron chi connectivity index (χ3n) is 3.10. The molecule has 0 bridgehead atoms. The molecule has 4 heteroatoms. The Hall–Kier alpha value is -1.08. The van der Waals surface area contributed by atoms with Gasteiger partial charge in [0.1, 0.15) is 0 Å². The molecule has 18 heavy (non-hydrogen) atoms. The Kier molecular flexibility index (Phi) is 8.40. The Labute approximate surface area is 111 Å².